The van der Waals surface area contributed by atoms with Crippen molar-refractivity contribution in [2.75, 3.05) is 14.2 Å². The minimum absolute atomic E-state index is 0.379. The highest BCUT2D eigenvalue weighted by Gasteiger charge is 2.23. The molecule has 4 heteroatoms. The third-order valence-corrected chi connectivity index (χ3v) is 4.38. The molecule has 0 amide bonds. The average Bonchev–Trinajstić information content (AvgIpc) is 2.65. The third-order valence-electron chi connectivity index (χ3n) is 4.38. The van der Waals surface area contributed by atoms with Crippen molar-refractivity contribution in [1.29, 1.82) is 0 Å². The SMILES string of the molecule is COc1ccc(CC(C(=O)O)c2cccc3ccccc23)cc1OC. The monoisotopic (exact) mass is 336 g/mol. The molecule has 0 bridgehead atoms. The summed E-state index contributed by atoms with van der Waals surface area (Å²) in [5, 5.41) is 11.8. The molecule has 1 atom stereocenters. The standard InChI is InChI=1S/C21H20O4/c1-24-19-11-10-14(13-20(19)25-2)12-18(21(22)23)17-9-5-7-15-6-3-4-8-16(15)17/h3-11,13,18H,12H2,1-2H3,(H,22,23). The molecule has 1 unspecified atom stereocenters. The van der Waals surface area contributed by atoms with Gasteiger partial charge in [0.2, 0.25) is 0 Å². The van der Waals surface area contributed by atoms with Crippen LogP contribution in [0.5, 0.6) is 11.5 Å². The second kappa shape index (κ2) is 7.26. The van der Waals surface area contributed by atoms with Gasteiger partial charge in [0, 0.05) is 0 Å². The van der Waals surface area contributed by atoms with E-state index in [2.05, 4.69) is 0 Å². The zero-order chi connectivity index (χ0) is 17.8. The van der Waals surface area contributed by atoms with E-state index in [4.69, 9.17) is 9.47 Å². The molecule has 0 saturated heterocycles. The highest BCUT2D eigenvalue weighted by molar-refractivity contribution is 5.90. The summed E-state index contributed by atoms with van der Waals surface area (Å²) in [7, 11) is 3.15. The van der Waals surface area contributed by atoms with Crippen molar-refractivity contribution >= 4 is 16.7 Å². The molecule has 0 spiro atoms. The Kier molecular flexibility index (Phi) is 4.89. The maximum Gasteiger partial charge on any atom is 0.311 e. The van der Waals surface area contributed by atoms with Crippen LogP contribution in [0.1, 0.15) is 17.0 Å². The fourth-order valence-electron chi connectivity index (χ4n) is 3.13. The highest BCUT2D eigenvalue weighted by Crippen LogP contribution is 2.32. The minimum atomic E-state index is -0.842. The van der Waals surface area contributed by atoms with Crippen LogP contribution in [0.4, 0.5) is 0 Å². The van der Waals surface area contributed by atoms with Crippen LogP contribution in [0.15, 0.2) is 60.7 Å². The number of hydrogen-bond acceptors (Lipinski definition) is 3. The Labute approximate surface area is 146 Å². The first-order chi connectivity index (χ1) is 12.1. The zero-order valence-corrected chi connectivity index (χ0v) is 14.2. The number of methoxy groups -OCH3 is 2. The molecule has 0 saturated carbocycles. The Morgan fingerprint density at radius 2 is 1.68 bits per heavy atom. The predicted molar refractivity (Wildman–Crippen MR) is 97.6 cm³/mol. The highest BCUT2D eigenvalue weighted by atomic mass is 16.5. The van der Waals surface area contributed by atoms with Crippen molar-refractivity contribution in [3.8, 4) is 11.5 Å². The molecule has 4 nitrogen and oxygen atoms in total. The fourth-order valence-corrected chi connectivity index (χ4v) is 3.13. The van der Waals surface area contributed by atoms with E-state index in [1.54, 1.807) is 20.3 Å². The summed E-state index contributed by atoms with van der Waals surface area (Å²) in [4.78, 5) is 12.0. The molecule has 0 aromatic heterocycles. The van der Waals surface area contributed by atoms with Gasteiger partial charge in [-0.3, -0.25) is 4.79 Å². The molecule has 0 radical (unpaired) electrons. The molecular formula is C21H20O4. The number of carboxylic acid groups (broad SMARTS) is 1. The van der Waals surface area contributed by atoms with Gasteiger partial charge in [0.05, 0.1) is 20.1 Å². The normalized spacial score (nSPS) is 11.9. The van der Waals surface area contributed by atoms with Crippen molar-refractivity contribution in [2.24, 2.45) is 0 Å². The molecule has 0 fully saturated rings. The van der Waals surface area contributed by atoms with Gasteiger partial charge in [-0.1, -0.05) is 48.5 Å². The van der Waals surface area contributed by atoms with Crippen molar-refractivity contribution in [1.82, 2.24) is 0 Å². The van der Waals surface area contributed by atoms with E-state index in [9.17, 15) is 9.90 Å². The van der Waals surface area contributed by atoms with Gasteiger partial charge in [0.25, 0.3) is 0 Å². The molecule has 0 heterocycles. The lowest BCUT2D eigenvalue weighted by atomic mass is 9.88. The summed E-state index contributed by atoms with van der Waals surface area (Å²) >= 11 is 0. The first-order valence-electron chi connectivity index (χ1n) is 8.05. The van der Waals surface area contributed by atoms with Crippen LogP contribution in [0, 0.1) is 0 Å². The number of fused-ring (bicyclic) bond motifs is 1. The topological polar surface area (TPSA) is 55.8 Å². The third kappa shape index (κ3) is 3.43. The van der Waals surface area contributed by atoms with Gasteiger partial charge in [-0.05, 0) is 40.5 Å². The van der Waals surface area contributed by atoms with Crippen LogP contribution in [0.2, 0.25) is 0 Å². The number of carboxylic acids is 1. The summed E-state index contributed by atoms with van der Waals surface area (Å²) in [6.07, 6.45) is 0.379. The lowest BCUT2D eigenvalue weighted by Gasteiger charge is -2.16. The van der Waals surface area contributed by atoms with Gasteiger partial charge >= 0.3 is 5.97 Å². The van der Waals surface area contributed by atoms with Gasteiger partial charge in [0.15, 0.2) is 11.5 Å². The second-order valence-electron chi connectivity index (χ2n) is 5.85. The number of ether oxygens (including phenoxy) is 2. The van der Waals surface area contributed by atoms with E-state index >= 15 is 0 Å². The summed E-state index contributed by atoms with van der Waals surface area (Å²) in [5.74, 6) is -0.249. The van der Waals surface area contributed by atoms with E-state index < -0.39 is 11.9 Å². The van der Waals surface area contributed by atoms with E-state index in [0.29, 0.717) is 17.9 Å². The Bertz CT molecular complexity index is 896. The van der Waals surface area contributed by atoms with Gasteiger partial charge in [0.1, 0.15) is 0 Å². The van der Waals surface area contributed by atoms with Crippen molar-refractivity contribution in [2.45, 2.75) is 12.3 Å². The lowest BCUT2D eigenvalue weighted by molar-refractivity contribution is -0.138. The van der Waals surface area contributed by atoms with Crippen LogP contribution in [-0.4, -0.2) is 25.3 Å². The van der Waals surface area contributed by atoms with Gasteiger partial charge in [-0.2, -0.15) is 0 Å². The molecule has 25 heavy (non-hydrogen) atoms. The van der Waals surface area contributed by atoms with Gasteiger partial charge in [-0.25, -0.2) is 0 Å². The van der Waals surface area contributed by atoms with Gasteiger partial charge in [-0.15, -0.1) is 0 Å². The Morgan fingerprint density at radius 3 is 2.40 bits per heavy atom. The Morgan fingerprint density at radius 1 is 0.960 bits per heavy atom. The number of carbonyl (C=O) groups is 1. The zero-order valence-electron chi connectivity index (χ0n) is 14.2. The second-order valence-corrected chi connectivity index (χ2v) is 5.85. The maximum atomic E-state index is 12.0. The number of benzene rings is 3. The smallest absolute Gasteiger partial charge is 0.311 e. The van der Waals surface area contributed by atoms with E-state index in [1.807, 2.05) is 54.6 Å². The first-order valence-corrected chi connectivity index (χ1v) is 8.05. The number of aliphatic carboxylic acids is 1. The number of hydrogen-bond donors (Lipinski definition) is 1. The molecule has 3 aromatic rings. The molecular weight excluding hydrogens is 316 g/mol. The molecule has 3 aromatic carbocycles. The van der Waals surface area contributed by atoms with E-state index in [0.717, 1.165) is 21.9 Å². The molecule has 0 aliphatic heterocycles. The van der Waals surface area contributed by atoms with E-state index in [1.165, 1.54) is 0 Å². The number of rotatable bonds is 6. The summed E-state index contributed by atoms with van der Waals surface area (Å²) in [5.41, 5.74) is 1.71. The van der Waals surface area contributed by atoms with Crippen LogP contribution >= 0.6 is 0 Å². The van der Waals surface area contributed by atoms with Crippen molar-refractivity contribution in [3.05, 3.63) is 71.8 Å². The lowest BCUT2D eigenvalue weighted by Crippen LogP contribution is -2.15. The summed E-state index contributed by atoms with van der Waals surface area (Å²) in [6, 6.07) is 19.2. The van der Waals surface area contributed by atoms with Crippen LogP contribution in [0.25, 0.3) is 10.8 Å². The van der Waals surface area contributed by atoms with E-state index in [-0.39, 0.29) is 0 Å². The molecule has 0 aliphatic carbocycles. The predicted octanol–water partition coefficient (Wildman–Crippen LogP) is 4.27. The summed E-state index contributed by atoms with van der Waals surface area (Å²) < 4.78 is 10.6. The van der Waals surface area contributed by atoms with Gasteiger partial charge < -0.3 is 14.6 Å². The molecule has 1 N–H and O–H groups in total. The minimum Gasteiger partial charge on any atom is -0.493 e. The Hall–Kier alpha value is -3.01. The molecule has 128 valence electrons. The molecule has 3 rings (SSSR count). The maximum absolute atomic E-state index is 12.0. The van der Waals surface area contributed by atoms with Crippen LogP contribution < -0.4 is 9.47 Å². The Balaban J connectivity index is 2.01. The quantitative estimate of drug-likeness (QED) is 0.730. The van der Waals surface area contributed by atoms with Crippen LogP contribution in [0.3, 0.4) is 0 Å². The first kappa shape index (κ1) is 16.8. The van der Waals surface area contributed by atoms with Crippen LogP contribution in [-0.2, 0) is 11.2 Å². The van der Waals surface area contributed by atoms with Crippen molar-refractivity contribution in [3.63, 3.8) is 0 Å². The molecule has 0 aliphatic rings. The summed E-state index contributed by atoms with van der Waals surface area (Å²) in [6.45, 7) is 0. The average molecular weight is 336 g/mol. The van der Waals surface area contributed by atoms with Crippen molar-refractivity contribution < 1.29 is 19.4 Å². The largest absolute Gasteiger partial charge is 0.493 e. The fraction of sp³-hybridized carbons (Fsp3) is 0.190.